The monoisotopic (exact) mass is 487 g/mol. The predicted octanol–water partition coefficient (Wildman–Crippen LogP) is 7.39. The van der Waals surface area contributed by atoms with E-state index in [4.69, 9.17) is 20.6 Å². The molecule has 0 saturated heterocycles. The van der Waals surface area contributed by atoms with Gasteiger partial charge in [0.2, 0.25) is 0 Å². The summed E-state index contributed by atoms with van der Waals surface area (Å²) in [5.41, 5.74) is 2.34. The van der Waals surface area contributed by atoms with Crippen LogP contribution in [-0.4, -0.2) is 23.2 Å². The first-order chi connectivity index (χ1) is 15.5. The number of fused-ring (bicyclic) bond motifs is 1. The minimum atomic E-state index is -3.65. The maximum absolute atomic E-state index is 13.9. The highest BCUT2D eigenvalue weighted by Gasteiger charge is 2.39. The number of halogens is 1. The summed E-state index contributed by atoms with van der Waals surface area (Å²) in [5, 5.41) is 4.97. The van der Waals surface area contributed by atoms with Crippen molar-refractivity contribution in [2.24, 2.45) is 0 Å². The van der Waals surface area contributed by atoms with Crippen LogP contribution < -0.4 is 5.32 Å². The lowest BCUT2D eigenvalue weighted by Gasteiger charge is -2.27. The largest absolute Gasteiger partial charge is 0.357 e. The van der Waals surface area contributed by atoms with E-state index in [-0.39, 0.29) is 18.4 Å². The number of para-hydroxylation sites is 1. The van der Waals surface area contributed by atoms with Gasteiger partial charge in [0.05, 0.1) is 23.6 Å². The van der Waals surface area contributed by atoms with E-state index in [1.54, 1.807) is 20.0 Å². The number of pyridine rings is 1. The van der Waals surface area contributed by atoms with Gasteiger partial charge in [0.1, 0.15) is 5.15 Å². The van der Waals surface area contributed by atoms with Crippen LogP contribution in [0.2, 0.25) is 5.15 Å². The molecule has 6 nitrogen and oxygen atoms in total. The van der Waals surface area contributed by atoms with Crippen LogP contribution in [0.25, 0.3) is 21.3 Å². The molecule has 32 heavy (non-hydrogen) atoms. The van der Waals surface area contributed by atoms with Crippen LogP contribution in [0.5, 0.6) is 0 Å². The van der Waals surface area contributed by atoms with E-state index < -0.39 is 13.4 Å². The van der Waals surface area contributed by atoms with Gasteiger partial charge in [-0.25, -0.2) is 9.97 Å². The van der Waals surface area contributed by atoms with E-state index in [0.29, 0.717) is 10.7 Å². The van der Waals surface area contributed by atoms with Gasteiger partial charge in [-0.05, 0) is 31.5 Å². The van der Waals surface area contributed by atoms with Gasteiger partial charge in [-0.3, -0.25) is 4.57 Å². The highest BCUT2D eigenvalue weighted by Crippen LogP contribution is 2.62. The van der Waals surface area contributed by atoms with E-state index in [1.807, 2.05) is 60.7 Å². The SMILES string of the molecule is CCOP(=O)(OCC)C(Nc1ncc(-c2ccccc2)s1)c1cc2ccccc2nc1Cl. The average Bonchev–Trinajstić information content (AvgIpc) is 3.27. The lowest BCUT2D eigenvalue weighted by Crippen LogP contribution is -2.16. The molecule has 1 N–H and O–H groups in total. The van der Waals surface area contributed by atoms with Crippen LogP contribution in [0.15, 0.2) is 66.9 Å². The van der Waals surface area contributed by atoms with Gasteiger partial charge < -0.3 is 14.4 Å². The van der Waals surface area contributed by atoms with Crippen molar-refractivity contribution in [3.63, 3.8) is 0 Å². The number of benzene rings is 2. The second-order valence-corrected chi connectivity index (χ2v) is 10.4. The molecule has 0 spiro atoms. The fourth-order valence-electron chi connectivity index (χ4n) is 3.37. The van der Waals surface area contributed by atoms with Crippen molar-refractivity contribution in [1.82, 2.24) is 9.97 Å². The van der Waals surface area contributed by atoms with Crippen LogP contribution >= 0.6 is 30.5 Å². The molecule has 0 aliphatic carbocycles. The molecule has 2 aromatic heterocycles. The van der Waals surface area contributed by atoms with Crippen LogP contribution in [-0.2, 0) is 13.6 Å². The summed E-state index contributed by atoms with van der Waals surface area (Å²) in [6.45, 7) is 4.00. The normalized spacial score (nSPS) is 12.7. The number of hydrogen-bond donors (Lipinski definition) is 1. The van der Waals surface area contributed by atoms with Crippen LogP contribution in [0.3, 0.4) is 0 Å². The molecule has 2 aromatic carbocycles. The molecule has 4 rings (SSSR count). The third-order valence-electron chi connectivity index (χ3n) is 4.76. The zero-order valence-electron chi connectivity index (χ0n) is 17.7. The smallest absolute Gasteiger partial charge is 0.344 e. The molecule has 0 saturated carbocycles. The fourth-order valence-corrected chi connectivity index (χ4v) is 6.55. The predicted molar refractivity (Wildman–Crippen MR) is 132 cm³/mol. The maximum atomic E-state index is 13.9. The Morgan fingerprint density at radius 2 is 1.75 bits per heavy atom. The van der Waals surface area contributed by atoms with Gasteiger partial charge in [0, 0.05) is 17.1 Å². The molecule has 0 aliphatic rings. The Labute approximate surface area is 196 Å². The number of hydrogen-bond acceptors (Lipinski definition) is 7. The highest BCUT2D eigenvalue weighted by molar-refractivity contribution is 7.54. The summed E-state index contributed by atoms with van der Waals surface area (Å²) < 4.78 is 25.2. The topological polar surface area (TPSA) is 73.3 Å². The zero-order chi connectivity index (χ0) is 22.6. The number of nitrogens with one attached hydrogen (secondary N) is 1. The number of rotatable bonds is 9. The van der Waals surface area contributed by atoms with E-state index in [9.17, 15) is 4.57 Å². The molecule has 0 radical (unpaired) electrons. The van der Waals surface area contributed by atoms with Crippen molar-refractivity contribution in [2.75, 3.05) is 18.5 Å². The van der Waals surface area contributed by atoms with Crippen molar-refractivity contribution in [1.29, 1.82) is 0 Å². The molecule has 0 amide bonds. The number of aromatic nitrogens is 2. The molecule has 0 bridgehead atoms. The molecule has 1 atom stereocenters. The standard InChI is InChI=1S/C23H23ClN3O3PS/c1-3-29-31(28,30-4-2)22(18-14-17-12-8-9-13-19(17)26-21(18)24)27-23-25-15-20(32-23)16-10-6-5-7-11-16/h5-15,22H,3-4H2,1-2H3,(H,25,27). The van der Waals surface area contributed by atoms with Gasteiger partial charge in [0.25, 0.3) is 0 Å². The highest BCUT2D eigenvalue weighted by atomic mass is 35.5. The third-order valence-corrected chi connectivity index (χ3v) is 8.31. The molecular weight excluding hydrogens is 465 g/mol. The Hall–Kier alpha value is -2.28. The Kier molecular flexibility index (Phi) is 7.23. The van der Waals surface area contributed by atoms with Crippen LogP contribution in [0.1, 0.15) is 25.2 Å². The molecule has 4 aromatic rings. The second kappa shape index (κ2) is 10.1. The Morgan fingerprint density at radius 1 is 1.06 bits per heavy atom. The fraction of sp³-hybridized carbons (Fsp3) is 0.217. The molecule has 0 fully saturated rings. The van der Waals surface area contributed by atoms with Gasteiger partial charge in [0.15, 0.2) is 10.9 Å². The molecule has 1 unspecified atom stereocenters. The minimum Gasteiger partial charge on any atom is -0.344 e. The van der Waals surface area contributed by atoms with Crippen molar-refractivity contribution in [2.45, 2.75) is 19.6 Å². The molecule has 9 heteroatoms. The van der Waals surface area contributed by atoms with E-state index >= 15 is 0 Å². The summed E-state index contributed by atoms with van der Waals surface area (Å²) in [7, 11) is -3.65. The molecule has 166 valence electrons. The quantitative estimate of drug-likeness (QED) is 0.196. The Balaban J connectivity index is 1.78. The summed E-state index contributed by atoms with van der Waals surface area (Å²) >= 11 is 8.02. The lowest BCUT2D eigenvalue weighted by molar-refractivity contribution is 0.214. The molecule has 0 aliphatic heterocycles. The zero-order valence-corrected chi connectivity index (χ0v) is 20.2. The minimum absolute atomic E-state index is 0.223. The molecule has 2 heterocycles. The Bertz CT molecular complexity index is 1240. The van der Waals surface area contributed by atoms with E-state index in [0.717, 1.165) is 21.3 Å². The second-order valence-electron chi connectivity index (χ2n) is 6.88. The average molecular weight is 488 g/mol. The summed E-state index contributed by atoms with van der Waals surface area (Å²) in [5.74, 6) is -0.873. The van der Waals surface area contributed by atoms with Crippen molar-refractivity contribution in [3.05, 3.63) is 77.6 Å². The summed E-state index contributed by atoms with van der Waals surface area (Å²) in [4.78, 5) is 9.98. The Morgan fingerprint density at radius 3 is 2.47 bits per heavy atom. The van der Waals surface area contributed by atoms with Gasteiger partial charge in [-0.15, -0.1) is 0 Å². The van der Waals surface area contributed by atoms with Crippen LogP contribution in [0, 0.1) is 0 Å². The number of nitrogens with zero attached hydrogens (tertiary/aromatic N) is 2. The molecular formula is C23H23ClN3O3PS. The van der Waals surface area contributed by atoms with E-state index in [2.05, 4.69) is 15.3 Å². The first kappa shape index (κ1) is 22.9. The third kappa shape index (κ3) is 4.87. The summed E-state index contributed by atoms with van der Waals surface area (Å²) in [6.07, 6.45) is 1.78. The van der Waals surface area contributed by atoms with Crippen LogP contribution in [0.4, 0.5) is 5.13 Å². The maximum Gasteiger partial charge on any atom is 0.357 e. The van der Waals surface area contributed by atoms with Crippen molar-refractivity contribution >= 4 is 46.6 Å². The van der Waals surface area contributed by atoms with Crippen molar-refractivity contribution < 1.29 is 13.6 Å². The first-order valence-corrected chi connectivity index (χ1v) is 13.1. The van der Waals surface area contributed by atoms with E-state index in [1.165, 1.54) is 11.3 Å². The van der Waals surface area contributed by atoms with Crippen molar-refractivity contribution in [3.8, 4) is 10.4 Å². The van der Waals surface area contributed by atoms with Gasteiger partial charge in [-0.1, -0.05) is 71.5 Å². The first-order valence-electron chi connectivity index (χ1n) is 10.3. The number of thiazole rings is 1. The van der Waals surface area contributed by atoms with Gasteiger partial charge in [-0.2, -0.15) is 0 Å². The summed E-state index contributed by atoms with van der Waals surface area (Å²) in [6, 6.07) is 19.5. The number of anilines is 1. The van der Waals surface area contributed by atoms with Gasteiger partial charge >= 0.3 is 7.60 Å². The lowest BCUT2D eigenvalue weighted by atomic mass is 10.1.